The van der Waals surface area contributed by atoms with Gasteiger partial charge in [0.1, 0.15) is 0 Å². The Kier molecular flexibility index (Phi) is 8.25. The van der Waals surface area contributed by atoms with Crippen molar-refractivity contribution >= 4 is 22.9 Å². The second kappa shape index (κ2) is 12.0. The standard InChI is InChI=1S/C29H32N4O/c1-33(19-16-26-21-32-28-9-3-2-8-27(26)28)22-25-12-10-23(11-13-25)6-5-18-31-29(34)15-14-24-7-4-17-30-20-24/h2-4,7-15,17,20-21,32H,5-6,16,18-19,22H2,1H3,(H,31,34)/b15-14+. The number of carbonyl (C=O) groups is 1. The van der Waals surface area contributed by atoms with Gasteiger partial charge in [-0.3, -0.25) is 9.78 Å². The van der Waals surface area contributed by atoms with Gasteiger partial charge in [0.05, 0.1) is 0 Å². The van der Waals surface area contributed by atoms with E-state index in [2.05, 4.69) is 82.0 Å². The van der Waals surface area contributed by atoms with Gasteiger partial charge < -0.3 is 15.2 Å². The summed E-state index contributed by atoms with van der Waals surface area (Å²) in [4.78, 5) is 21.7. The fraction of sp³-hybridized carbons (Fsp3) is 0.241. The van der Waals surface area contributed by atoms with Crippen LogP contribution in [0.25, 0.3) is 17.0 Å². The Balaban J connectivity index is 1.15. The molecular formula is C29H32N4O. The van der Waals surface area contributed by atoms with Crippen molar-refractivity contribution in [2.45, 2.75) is 25.8 Å². The monoisotopic (exact) mass is 452 g/mol. The minimum absolute atomic E-state index is 0.0742. The lowest BCUT2D eigenvalue weighted by molar-refractivity contribution is -0.116. The Labute approximate surface area is 201 Å². The molecule has 0 spiro atoms. The third-order valence-corrected chi connectivity index (χ3v) is 5.97. The lowest BCUT2D eigenvalue weighted by atomic mass is 10.1. The molecule has 0 aliphatic rings. The van der Waals surface area contributed by atoms with Crippen LogP contribution < -0.4 is 5.32 Å². The summed E-state index contributed by atoms with van der Waals surface area (Å²) in [5.41, 5.74) is 6.11. The van der Waals surface area contributed by atoms with Crippen molar-refractivity contribution in [3.8, 4) is 0 Å². The molecule has 1 amide bonds. The first kappa shape index (κ1) is 23.5. The van der Waals surface area contributed by atoms with Crippen LogP contribution in [0.2, 0.25) is 0 Å². The number of para-hydroxylation sites is 1. The molecule has 0 aliphatic heterocycles. The van der Waals surface area contributed by atoms with Crippen molar-refractivity contribution in [2.75, 3.05) is 20.1 Å². The summed E-state index contributed by atoms with van der Waals surface area (Å²) in [6, 6.07) is 21.1. The Morgan fingerprint density at radius 2 is 1.85 bits per heavy atom. The minimum Gasteiger partial charge on any atom is -0.361 e. The first-order chi connectivity index (χ1) is 16.7. The van der Waals surface area contributed by atoms with Gasteiger partial charge in [0.25, 0.3) is 0 Å². The third-order valence-electron chi connectivity index (χ3n) is 5.97. The molecule has 4 rings (SSSR count). The molecule has 0 saturated carbocycles. The van der Waals surface area contributed by atoms with Gasteiger partial charge >= 0.3 is 0 Å². The highest BCUT2D eigenvalue weighted by Crippen LogP contribution is 2.18. The molecule has 0 fully saturated rings. The van der Waals surface area contributed by atoms with Crippen molar-refractivity contribution in [3.05, 3.63) is 108 Å². The summed E-state index contributed by atoms with van der Waals surface area (Å²) in [7, 11) is 2.17. The van der Waals surface area contributed by atoms with Crippen LogP contribution in [-0.2, 0) is 24.2 Å². The van der Waals surface area contributed by atoms with E-state index in [1.165, 1.54) is 27.6 Å². The number of likely N-dealkylation sites (N-methyl/N-ethyl adjacent to an activating group) is 1. The molecule has 0 unspecified atom stereocenters. The summed E-state index contributed by atoms with van der Waals surface area (Å²) in [5, 5.41) is 4.26. The highest BCUT2D eigenvalue weighted by atomic mass is 16.1. The fourth-order valence-corrected chi connectivity index (χ4v) is 4.06. The molecule has 34 heavy (non-hydrogen) atoms. The Morgan fingerprint density at radius 1 is 1.03 bits per heavy atom. The molecule has 174 valence electrons. The first-order valence-electron chi connectivity index (χ1n) is 11.8. The topological polar surface area (TPSA) is 61.0 Å². The SMILES string of the molecule is CN(CCc1c[nH]c2ccccc12)Cc1ccc(CCCNC(=O)/C=C/c2cccnc2)cc1. The molecule has 5 heteroatoms. The molecule has 5 nitrogen and oxygen atoms in total. The minimum atomic E-state index is -0.0742. The van der Waals surface area contributed by atoms with Crippen molar-refractivity contribution < 1.29 is 4.79 Å². The van der Waals surface area contributed by atoms with Gasteiger partial charge in [-0.15, -0.1) is 0 Å². The van der Waals surface area contributed by atoms with E-state index < -0.39 is 0 Å². The van der Waals surface area contributed by atoms with E-state index in [4.69, 9.17) is 0 Å². The van der Waals surface area contributed by atoms with E-state index in [1.54, 1.807) is 24.5 Å². The van der Waals surface area contributed by atoms with Gasteiger partial charge in [0, 0.05) is 55.2 Å². The number of pyridine rings is 1. The molecule has 0 radical (unpaired) electrons. The zero-order valence-corrected chi connectivity index (χ0v) is 19.7. The zero-order chi connectivity index (χ0) is 23.6. The van der Waals surface area contributed by atoms with Crippen molar-refractivity contribution in [2.24, 2.45) is 0 Å². The molecule has 0 saturated heterocycles. The maximum absolute atomic E-state index is 11.9. The number of benzene rings is 2. The molecule has 0 bridgehead atoms. The van der Waals surface area contributed by atoms with Gasteiger partial charge in [-0.1, -0.05) is 48.5 Å². The van der Waals surface area contributed by atoms with E-state index in [0.29, 0.717) is 6.54 Å². The molecule has 2 heterocycles. The summed E-state index contributed by atoms with van der Waals surface area (Å²) < 4.78 is 0. The summed E-state index contributed by atoms with van der Waals surface area (Å²) in [5.74, 6) is -0.0742. The summed E-state index contributed by atoms with van der Waals surface area (Å²) in [6.45, 7) is 2.61. The number of nitrogens with zero attached hydrogens (tertiary/aromatic N) is 2. The van der Waals surface area contributed by atoms with Gasteiger partial charge in [0.2, 0.25) is 5.91 Å². The Hall–Kier alpha value is -3.70. The van der Waals surface area contributed by atoms with Gasteiger partial charge in [-0.2, -0.15) is 0 Å². The summed E-state index contributed by atoms with van der Waals surface area (Å²) >= 11 is 0. The largest absolute Gasteiger partial charge is 0.361 e. The van der Waals surface area contributed by atoms with Crippen molar-refractivity contribution in [3.63, 3.8) is 0 Å². The zero-order valence-electron chi connectivity index (χ0n) is 19.7. The number of hydrogen-bond donors (Lipinski definition) is 2. The van der Waals surface area contributed by atoms with Gasteiger partial charge in [0.15, 0.2) is 0 Å². The van der Waals surface area contributed by atoms with E-state index >= 15 is 0 Å². The predicted molar refractivity (Wildman–Crippen MR) is 139 cm³/mol. The summed E-state index contributed by atoms with van der Waals surface area (Å²) in [6.07, 6.45) is 11.8. The highest BCUT2D eigenvalue weighted by Gasteiger charge is 2.06. The number of aromatic amines is 1. The molecule has 0 atom stereocenters. The van der Waals surface area contributed by atoms with E-state index in [-0.39, 0.29) is 5.91 Å². The Morgan fingerprint density at radius 3 is 2.68 bits per heavy atom. The molecule has 4 aromatic rings. The smallest absolute Gasteiger partial charge is 0.244 e. The van der Waals surface area contributed by atoms with Crippen LogP contribution in [0.3, 0.4) is 0 Å². The van der Waals surface area contributed by atoms with Crippen LogP contribution in [0.15, 0.2) is 85.3 Å². The van der Waals surface area contributed by atoms with Crippen LogP contribution in [0.5, 0.6) is 0 Å². The van der Waals surface area contributed by atoms with E-state index in [9.17, 15) is 4.79 Å². The fourth-order valence-electron chi connectivity index (χ4n) is 4.06. The second-order valence-corrected chi connectivity index (χ2v) is 8.68. The number of rotatable bonds is 11. The number of aryl methyl sites for hydroxylation is 1. The molecular weight excluding hydrogens is 420 g/mol. The lowest BCUT2D eigenvalue weighted by Crippen LogP contribution is -2.22. The Bertz CT molecular complexity index is 1210. The van der Waals surface area contributed by atoms with Gasteiger partial charge in [-0.05, 0) is 66.8 Å². The maximum Gasteiger partial charge on any atom is 0.244 e. The van der Waals surface area contributed by atoms with Crippen LogP contribution in [0, 0.1) is 0 Å². The van der Waals surface area contributed by atoms with E-state index in [0.717, 1.165) is 37.9 Å². The number of amides is 1. The molecule has 0 aliphatic carbocycles. The number of aromatic nitrogens is 2. The first-order valence-corrected chi connectivity index (χ1v) is 11.8. The average Bonchev–Trinajstić information content (AvgIpc) is 3.29. The predicted octanol–water partition coefficient (Wildman–Crippen LogP) is 5.00. The van der Waals surface area contributed by atoms with Crippen LogP contribution in [0.4, 0.5) is 0 Å². The van der Waals surface area contributed by atoms with Gasteiger partial charge in [-0.25, -0.2) is 0 Å². The molecule has 2 N–H and O–H groups in total. The van der Waals surface area contributed by atoms with Crippen molar-refractivity contribution in [1.82, 2.24) is 20.2 Å². The molecule has 2 aromatic carbocycles. The average molecular weight is 453 g/mol. The highest BCUT2D eigenvalue weighted by molar-refractivity contribution is 5.91. The number of H-pyrrole nitrogens is 1. The van der Waals surface area contributed by atoms with Crippen LogP contribution in [0.1, 0.15) is 28.7 Å². The van der Waals surface area contributed by atoms with Crippen molar-refractivity contribution in [1.29, 1.82) is 0 Å². The van der Waals surface area contributed by atoms with E-state index in [1.807, 2.05) is 12.1 Å². The second-order valence-electron chi connectivity index (χ2n) is 8.68. The number of nitrogens with one attached hydrogen (secondary N) is 2. The normalized spacial score (nSPS) is 11.5. The number of hydrogen-bond acceptors (Lipinski definition) is 3. The number of fused-ring (bicyclic) bond motifs is 1. The quantitative estimate of drug-likeness (QED) is 0.249. The lowest BCUT2D eigenvalue weighted by Gasteiger charge is -2.16. The third kappa shape index (κ3) is 6.90. The van der Waals surface area contributed by atoms with Crippen LogP contribution in [-0.4, -0.2) is 40.9 Å². The molecule has 2 aromatic heterocycles. The van der Waals surface area contributed by atoms with Crippen LogP contribution >= 0.6 is 0 Å². The maximum atomic E-state index is 11.9. The number of carbonyl (C=O) groups excluding carboxylic acids is 1.